The number of para-hydroxylation sites is 1. The van der Waals surface area contributed by atoms with E-state index in [1.165, 1.54) is 22.7 Å². The predicted molar refractivity (Wildman–Crippen MR) is 163 cm³/mol. The quantitative estimate of drug-likeness (QED) is 0.212. The molecule has 2 aliphatic rings. The predicted octanol–water partition coefficient (Wildman–Crippen LogP) is 3.82. The molecule has 3 heterocycles. The Labute approximate surface area is 257 Å². The number of carbonyl (C=O) groups is 3. The molecule has 0 bridgehead atoms. The van der Waals surface area contributed by atoms with Crippen molar-refractivity contribution in [1.82, 2.24) is 15.0 Å². The summed E-state index contributed by atoms with van der Waals surface area (Å²) in [6.07, 6.45) is -0.748. The van der Waals surface area contributed by atoms with Crippen LogP contribution in [-0.2, 0) is 25.7 Å². The Kier molecular flexibility index (Phi) is 8.38. The van der Waals surface area contributed by atoms with Crippen LogP contribution in [0.5, 0.6) is 5.75 Å². The standard InChI is InChI=1S/C33H29N3O7S/c1-21-17-27(38)35(43-21)18-24-20-44-32-28(34-26(37)19-41-25-15-9-4-10-16-25)31(39)36(32)29(24)33(40)42-30(22-11-5-2-6-12-22)23-13-7-3-8-14-23/h2-17,28,30,32H,18-20H2,1H3,(H,34,37)/t28?,32-/m1/s1. The summed E-state index contributed by atoms with van der Waals surface area (Å²) in [7, 11) is 0. The second-order valence-electron chi connectivity index (χ2n) is 10.3. The summed E-state index contributed by atoms with van der Waals surface area (Å²) in [5.41, 5.74) is 1.69. The number of rotatable bonds is 10. The Hall–Kier alpha value is -5.03. The summed E-state index contributed by atoms with van der Waals surface area (Å²) in [6, 6.07) is 28.0. The van der Waals surface area contributed by atoms with E-state index in [-0.39, 0.29) is 24.4 Å². The van der Waals surface area contributed by atoms with Gasteiger partial charge in [0.05, 0.1) is 6.54 Å². The van der Waals surface area contributed by atoms with Gasteiger partial charge in [-0.15, -0.1) is 11.8 Å². The molecule has 0 saturated carbocycles. The summed E-state index contributed by atoms with van der Waals surface area (Å²) in [5, 5.41) is 2.20. The van der Waals surface area contributed by atoms with Crippen LogP contribution >= 0.6 is 11.8 Å². The molecule has 4 aromatic rings. The molecule has 2 atom stereocenters. The normalized spacial score (nSPS) is 17.6. The Morgan fingerprint density at radius 1 is 0.955 bits per heavy atom. The number of carbonyl (C=O) groups excluding carboxylic acids is 3. The van der Waals surface area contributed by atoms with Crippen LogP contribution in [0, 0.1) is 6.92 Å². The lowest BCUT2D eigenvalue weighted by Gasteiger charge is -2.49. The number of aromatic nitrogens is 1. The zero-order valence-electron chi connectivity index (χ0n) is 23.8. The molecule has 6 rings (SSSR count). The molecule has 0 radical (unpaired) electrons. The molecule has 1 fully saturated rings. The van der Waals surface area contributed by atoms with Crippen LogP contribution < -0.4 is 15.6 Å². The van der Waals surface area contributed by atoms with Crippen molar-refractivity contribution in [2.45, 2.75) is 31.0 Å². The van der Waals surface area contributed by atoms with Crippen molar-refractivity contribution in [3.8, 4) is 5.75 Å². The van der Waals surface area contributed by atoms with Gasteiger partial charge in [0.1, 0.15) is 28.6 Å². The third-order valence-electron chi connectivity index (χ3n) is 7.26. The molecule has 1 saturated heterocycles. The van der Waals surface area contributed by atoms with E-state index in [0.29, 0.717) is 22.8 Å². The average molecular weight is 612 g/mol. The van der Waals surface area contributed by atoms with E-state index in [0.717, 1.165) is 15.9 Å². The van der Waals surface area contributed by atoms with Crippen molar-refractivity contribution in [3.63, 3.8) is 0 Å². The smallest absolute Gasteiger partial charge is 0.356 e. The number of β-lactam (4-membered cyclic amide) rings is 1. The second-order valence-corrected chi connectivity index (χ2v) is 11.4. The van der Waals surface area contributed by atoms with E-state index in [9.17, 15) is 19.2 Å². The number of esters is 1. The third kappa shape index (κ3) is 6.04. The lowest BCUT2D eigenvalue weighted by atomic mass is 10.0. The van der Waals surface area contributed by atoms with Crippen molar-refractivity contribution in [2.24, 2.45) is 0 Å². The summed E-state index contributed by atoms with van der Waals surface area (Å²) in [4.78, 5) is 54.1. The van der Waals surface area contributed by atoms with E-state index in [4.69, 9.17) is 14.0 Å². The van der Waals surface area contributed by atoms with E-state index < -0.39 is 35.3 Å². The number of benzene rings is 3. The van der Waals surface area contributed by atoms with Gasteiger partial charge in [-0.1, -0.05) is 78.9 Å². The maximum Gasteiger partial charge on any atom is 0.356 e. The first-order valence-electron chi connectivity index (χ1n) is 14.0. The topological polar surface area (TPSA) is 120 Å². The van der Waals surface area contributed by atoms with Crippen LogP contribution in [0.3, 0.4) is 0 Å². The Morgan fingerprint density at radius 3 is 2.16 bits per heavy atom. The fourth-order valence-electron chi connectivity index (χ4n) is 5.20. The third-order valence-corrected chi connectivity index (χ3v) is 8.60. The summed E-state index contributed by atoms with van der Waals surface area (Å²) in [5.74, 6) is -0.376. The van der Waals surface area contributed by atoms with Crippen LogP contribution in [-0.4, -0.2) is 51.2 Å². The van der Waals surface area contributed by atoms with Gasteiger partial charge in [0.25, 0.3) is 17.4 Å². The molecule has 2 aliphatic heterocycles. The Morgan fingerprint density at radius 2 is 1.57 bits per heavy atom. The van der Waals surface area contributed by atoms with Crippen molar-refractivity contribution in [1.29, 1.82) is 0 Å². The zero-order chi connectivity index (χ0) is 30.6. The Balaban J connectivity index is 1.27. The molecular weight excluding hydrogens is 582 g/mol. The molecule has 0 aliphatic carbocycles. The molecule has 11 heteroatoms. The number of nitrogens with zero attached hydrogens (tertiary/aromatic N) is 2. The number of fused-ring (bicyclic) bond motifs is 1. The van der Waals surface area contributed by atoms with Gasteiger partial charge < -0.3 is 19.3 Å². The molecule has 10 nitrogen and oxygen atoms in total. The minimum atomic E-state index is -0.858. The van der Waals surface area contributed by atoms with Crippen LogP contribution in [0.4, 0.5) is 0 Å². The monoisotopic (exact) mass is 611 g/mol. The van der Waals surface area contributed by atoms with Crippen LogP contribution in [0.2, 0.25) is 0 Å². The minimum absolute atomic E-state index is 0.0378. The number of aryl methyl sites for hydroxylation is 1. The summed E-state index contributed by atoms with van der Waals surface area (Å²) >= 11 is 1.38. The number of ether oxygens (including phenoxy) is 2. The molecule has 224 valence electrons. The van der Waals surface area contributed by atoms with Gasteiger partial charge in [-0.05, 0) is 35.8 Å². The van der Waals surface area contributed by atoms with Crippen LogP contribution in [0.1, 0.15) is 23.0 Å². The Bertz CT molecular complexity index is 1710. The van der Waals surface area contributed by atoms with E-state index in [2.05, 4.69) is 5.32 Å². The summed E-state index contributed by atoms with van der Waals surface area (Å²) < 4.78 is 18.4. The van der Waals surface area contributed by atoms with E-state index >= 15 is 0 Å². The van der Waals surface area contributed by atoms with Gasteiger partial charge in [0.15, 0.2) is 12.7 Å². The lowest BCUT2D eigenvalue weighted by molar-refractivity contribution is -0.154. The first-order chi connectivity index (χ1) is 21.4. The fraction of sp³-hybridized carbons (Fsp3) is 0.212. The van der Waals surface area contributed by atoms with Crippen molar-refractivity contribution >= 4 is 29.5 Å². The number of hydrogen-bond donors (Lipinski definition) is 1. The minimum Gasteiger partial charge on any atom is -0.484 e. The molecule has 1 aromatic heterocycles. The van der Waals surface area contributed by atoms with Gasteiger partial charge in [0.2, 0.25) is 0 Å². The lowest BCUT2D eigenvalue weighted by Crippen LogP contribution is -2.71. The first-order valence-corrected chi connectivity index (χ1v) is 15.1. The highest BCUT2D eigenvalue weighted by molar-refractivity contribution is 8.00. The molecule has 44 heavy (non-hydrogen) atoms. The van der Waals surface area contributed by atoms with E-state index in [1.807, 2.05) is 66.7 Å². The number of amides is 2. The highest BCUT2D eigenvalue weighted by atomic mass is 32.2. The first kappa shape index (κ1) is 29.1. The SMILES string of the molecule is Cc1cc(=O)n(CC2=C(C(=O)OC(c3ccccc3)c3ccccc3)N3C(=O)C(NC(=O)COc4ccccc4)[C@H]3SC2)o1. The van der Waals surface area contributed by atoms with E-state index in [1.54, 1.807) is 31.2 Å². The van der Waals surface area contributed by atoms with Gasteiger partial charge in [-0.2, -0.15) is 4.74 Å². The highest BCUT2D eigenvalue weighted by Crippen LogP contribution is 2.42. The largest absolute Gasteiger partial charge is 0.484 e. The maximum absolute atomic E-state index is 14.1. The second kappa shape index (κ2) is 12.7. The van der Waals surface area contributed by atoms with Crippen LogP contribution in [0.25, 0.3) is 0 Å². The molecule has 2 amide bonds. The van der Waals surface area contributed by atoms with Crippen LogP contribution in [0.15, 0.2) is 118 Å². The molecule has 3 aromatic carbocycles. The molecular formula is C33H29N3O7S. The van der Waals surface area contributed by atoms with Gasteiger partial charge >= 0.3 is 5.97 Å². The number of thioether (sulfide) groups is 1. The van der Waals surface area contributed by atoms with Crippen molar-refractivity contribution in [3.05, 3.63) is 136 Å². The molecule has 0 spiro atoms. The highest BCUT2D eigenvalue weighted by Gasteiger charge is 2.54. The maximum atomic E-state index is 14.1. The molecule has 1 N–H and O–H groups in total. The molecule has 1 unspecified atom stereocenters. The summed E-state index contributed by atoms with van der Waals surface area (Å²) in [6.45, 7) is 1.35. The van der Waals surface area contributed by atoms with Crippen molar-refractivity contribution in [2.75, 3.05) is 12.4 Å². The van der Waals surface area contributed by atoms with Gasteiger partial charge in [-0.25, -0.2) is 4.79 Å². The van der Waals surface area contributed by atoms with Gasteiger partial charge in [-0.3, -0.25) is 19.3 Å². The average Bonchev–Trinajstić information content (AvgIpc) is 3.37. The number of hydrogen-bond acceptors (Lipinski definition) is 8. The number of nitrogens with one attached hydrogen (secondary N) is 1. The zero-order valence-corrected chi connectivity index (χ0v) is 24.6. The van der Waals surface area contributed by atoms with Crippen molar-refractivity contribution < 1.29 is 28.4 Å². The fourth-order valence-corrected chi connectivity index (χ4v) is 6.53. The van der Waals surface area contributed by atoms with Gasteiger partial charge in [0, 0.05) is 11.8 Å².